The van der Waals surface area contributed by atoms with E-state index in [2.05, 4.69) is 24.1 Å². The van der Waals surface area contributed by atoms with Crippen molar-refractivity contribution < 1.29 is 9.53 Å². The molecule has 0 aliphatic carbocycles. The van der Waals surface area contributed by atoms with Crippen molar-refractivity contribution in [3.05, 3.63) is 28.5 Å². The second-order valence-corrected chi connectivity index (χ2v) is 6.46. The maximum atomic E-state index is 11.8. The summed E-state index contributed by atoms with van der Waals surface area (Å²) in [7, 11) is 0. The lowest BCUT2D eigenvalue weighted by atomic mass is 10.0. The average Bonchev–Trinajstić information content (AvgIpc) is 2.97. The lowest BCUT2D eigenvalue weighted by Gasteiger charge is -2.40. The Hall–Kier alpha value is -1.17. The summed E-state index contributed by atoms with van der Waals surface area (Å²) in [5.74, 6) is -0.0419. The van der Waals surface area contributed by atoms with Crippen molar-refractivity contribution >= 4 is 23.3 Å². The molecule has 0 radical (unpaired) electrons. The number of nitrogens with zero attached hydrogens (tertiary/aromatic N) is 1. The second kappa shape index (κ2) is 7.02. The highest BCUT2D eigenvalue weighted by Gasteiger charge is 2.28. The van der Waals surface area contributed by atoms with Crippen LogP contribution in [0.5, 0.6) is 0 Å². The van der Waals surface area contributed by atoms with Gasteiger partial charge in [-0.3, -0.25) is 9.69 Å². The van der Waals surface area contributed by atoms with Crippen LogP contribution in [0.25, 0.3) is 6.08 Å². The first-order chi connectivity index (χ1) is 9.58. The van der Waals surface area contributed by atoms with Crippen molar-refractivity contribution in [1.82, 2.24) is 10.2 Å². The van der Waals surface area contributed by atoms with Crippen molar-refractivity contribution in [2.24, 2.45) is 0 Å². The molecule has 0 bridgehead atoms. The normalized spacial score (nSPS) is 17.5. The van der Waals surface area contributed by atoms with E-state index in [0.717, 1.165) is 31.2 Å². The SMILES string of the molecule is CC(C)(CNC(=O)/C=C/c1cccs1)N1CCOCC1. The monoisotopic (exact) mass is 294 g/mol. The van der Waals surface area contributed by atoms with E-state index in [-0.39, 0.29) is 11.4 Å². The summed E-state index contributed by atoms with van der Waals surface area (Å²) in [5.41, 5.74) is -0.0454. The Morgan fingerprint density at radius 2 is 2.25 bits per heavy atom. The summed E-state index contributed by atoms with van der Waals surface area (Å²) >= 11 is 1.62. The van der Waals surface area contributed by atoms with Crippen LogP contribution in [-0.2, 0) is 9.53 Å². The van der Waals surface area contributed by atoms with Crippen LogP contribution >= 0.6 is 11.3 Å². The molecule has 1 aromatic heterocycles. The number of nitrogens with one attached hydrogen (secondary N) is 1. The van der Waals surface area contributed by atoms with Gasteiger partial charge in [0, 0.05) is 36.1 Å². The molecular formula is C15H22N2O2S. The number of rotatable bonds is 5. The lowest BCUT2D eigenvalue weighted by molar-refractivity contribution is -0.117. The molecule has 5 heteroatoms. The predicted molar refractivity (Wildman–Crippen MR) is 82.8 cm³/mol. The van der Waals surface area contributed by atoms with E-state index in [0.29, 0.717) is 6.54 Å². The standard InChI is InChI=1S/C15H22N2O2S/c1-15(2,17-7-9-19-10-8-17)12-16-14(18)6-5-13-4-3-11-20-13/h3-6,11H,7-10,12H2,1-2H3,(H,16,18)/b6-5+. The molecule has 1 fully saturated rings. The van der Waals surface area contributed by atoms with Gasteiger partial charge in [0.2, 0.25) is 5.91 Å². The molecule has 0 saturated carbocycles. The van der Waals surface area contributed by atoms with Crippen LogP contribution in [0.15, 0.2) is 23.6 Å². The molecule has 1 aliphatic rings. The first kappa shape index (κ1) is 15.2. The second-order valence-electron chi connectivity index (χ2n) is 5.48. The third kappa shape index (κ3) is 4.44. The van der Waals surface area contributed by atoms with Crippen LogP contribution < -0.4 is 5.32 Å². The smallest absolute Gasteiger partial charge is 0.244 e. The van der Waals surface area contributed by atoms with Gasteiger partial charge < -0.3 is 10.1 Å². The van der Waals surface area contributed by atoms with E-state index in [1.807, 2.05) is 23.6 Å². The van der Waals surface area contributed by atoms with Gasteiger partial charge in [-0.2, -0.15) is 0 Å². The molecule has 4 nitrogen and oxygen atoms in total. The molecule has 1 aliphatic heterocycles. The van der Waals surface area contributed by atoms with Crippen LogP contribution in [0.2, 0.25) is 0 Å². The van der Waals surface area contributed by atoms with Crippen LogP contribution in [-0.4, -0.2) is 49.2 Å². The summed E-state index contributed by atoms with van der Waals surface area (Å²) in [5, 5.41) is 4.98. The fourth-order valence-electron chi connectivity index (χ4n) is 2.19. The Kier molecular flexibility index (Phi) is 5.34. The zero-order valence-corrected chi connectivity index (χ0v) is 12.9. The topological polar surface area (TPSA) is 41.6 Å². The van der Waals surface area contributed by atoms with Gasteiger partial charge in [0.05, 0.1) is 13.2 Å². The number of thiophene rings is 1. The minimum atomic E-state index is -0.0454. The number of ether oxygens (including phenoxy) is 1. The Bertz CT molecular complexity index is 448. The molecule has 0 unspecified atom stereocenters. The molecule has 1 aromatic rings. The summed E-state index contributed by atoms with van der Waals surface area (Å²) in [6.45, 7) is 8.34. The van der Waals surface area contributed by atoms with Gasteiger partial charge in [0.15, 0.2) is 0 Å². The number of carbonyl (C=O) groups excluding carboxylic acids is 1. The fourth-order valence-corrected chi connectivity index (χ4v) is 2.80. The summed E-state index contributed by atoms with van der Waals surface area (Å²) in [6.07, 6.45) is 3.45. The van der Waals surface area contributed by atoms with Gasteiger partial charge in [0.25, 0.3) is 0 Å². The Labute approximate surface area is 124 Å². The molecule has 0 spiro atoms. The van der Waals surface area contributed by atoms with E-state index in [4.69, 9.17) is 4.74 Å². The van der Waals surface area contributed by atoms with Gasteiger partial charge in [-0.05, 0) is 31.4 Å². The van der Waals surface area contributed by atoms with E-state index in [9.17, 15) is 4.79 Å². The largest absolute Gasteiger partial charge is 0.379 e. The number of hydrogen-bond acceptors (Lipinski definition) is 4. The Morgan fingerprint density at radius 1 is 1.50 bits per heavy atom. The highest BCUT2D eigenvalue weighted by Crippen LogP contribution is 2.15. The first-order valence-electron chi connectivity index (χ1n) is 6.90. The van der Waals surface area contributed by atoms with Crippen LogP contribution in [0.3, 0.4) is 0 Å². The highest BCUT2D eigenvalue weighted by molar-refractivity contribution is 7.10. The molecule has 1 N–H and O–H groups in total. The van der Waals surface area contributed by atoms with Crippen molar-refractivity contribution in [2.75, 3.05) is 32.8 Å². The molecule has 1 saturated heterocycles. The number of morpholine rings is 1. The third-order valence-electron chi connectivity index (χ3n) is 3.50. The van der Waals surface area contributed by atoms with Crippen molar-refractivity contribution in [1.29, 1.82) is 0 Å². The molecule has 2 rings (SSSR count). The zero-order chi connectivity index (χ0) is 14.4. The van der Waals surface area contributed by atoms with E-state index in [1.165, 1.54) is 0 Å². The van der Waals surface area contributed by atoms with Crippen LogP contribution in [0.4, 0.5) is 0 Å². The maximum Gasteiger partial charge on any atom is 0.244 e. The molecule has 0 aromatic carbocycles. The van der Waals surface area contributed by atoms with E-state index >= 15 is 0 Å². The Balaban J connectivity index is 1.79. The lowest BCUT2D eigenvalue weighted by Crippen LogP contribution is -2.55. The van der Waals surface area contributed by atoms with Gasteiger partial charge in [-0.1, -0.05) is 6.07 Å². The predicted octanol–water partition coefficient (Wildman–Crippen LogP) is 1.99. The number of amides is 1. The van der Waals surface area contributed by atoms with Crippen LogP contribution in [0.1, 0.15) is 18.7 Å². The molecule has 0 atom stereocenters. The van der Waals surface area contributed by atoms with Gasteiger partial charge in [-0.15, -0.1) is 11.3 Å². The minimum Gasteiger partial charge on any atom is -0.379 e. The van der Waals surface area contributed by atoms with Crippen molar-refractivity contribution in [2.45, 2.75) is 19.4 Å². The van der Waals surface area contributed by atoms with Crippen molar-refractivity contribution in [3.8, 4) is 0 Å². The van der Waals surface area contributed by atoms with Gasteiger partial charge in [0.1, 0.15) is 0 Å². The Morgan fingerprint density at radius 3 is 2.90 bits per heavy atom. The first-order valence-corrected chi connectivity index (χ1v) is 7.78. The number of hydrogen-bond donors (Lipinski definition) is 1. The summed E-state index contributed by atoms with van der Waals surface area (Å²) in [4.78, 5) is 15.3. The molecule has 110 valence electrons. The average molecular weight is 294 g/mol. The molecular weight excluding hydrogens is 272 g/mol. The van der Waals surface area contributed by atoms with Crippen molar-refractivity contribution in [3.63, 3.8) is 0 Å². The van der Waals surface area contributed by atoms with E-state index in [1.54, 1.807) is 17.4 Å². The molecule has 1 amide bonds. The molecule has 2 heterocycles. The number of carbonyl (C=O) groups is 1. The van der Waals surface area contributed by atoms with Gasteiger partial charge >= 0.3 is 0 Å². The fraction of sp³-hybridized carbons (Fsp3) is 0.533. The highest BCUT2D eigenvalue weighted by atomic mass is 32.1. The maximum absolute atomic E-state index is 11.8. The van der Waals surface area contributed by atoms with E-state index < -0.39 is 0 Å². The van der Waals surface area contributed by atoms with Crippen LogP contribution in [0, 0.1) is 0 Å². The third-order valence-corrected chi connectivity index (χ3v) is 4.34. The summed E-state index contributed by atoms with van der Waals surface area (Å²) < 4.78 is 5.36. The zero-order valence-electron chi connectivity index (χ0n) is 12.1. The quantitative estimate of drug-likeness (QED) is 0.845. The minimum absolute atomic E-state index is 0.0419. The summed E-state index contributed by atoms with van der Waals surface area (Å²) in [6, 6.07) is 3.97. The van der Waals surface area contributed by atoms with Gasteiger partial charge in [-0.25, -0.2) is 0 Å². The molecule has 20 heavy (non-hydrogen) atoms.